The molecule has 0 saturated carbocycles. The van der Waals surface area contributed by atoms with Gasteiger partial charge in [0.1, 0.15) is 30.0 Å². The third-order valence-corrected chi connectivity index (χ3v) is 9.83. The van der Waals surface area contributed by atoms with Gasteiger partial charge in [-0.15, -0.1) is 34.4 Å². The predicted molar refractivity (Wildman–Crippen MR) is 147 cm³/mol. The summed E-state index contributed by atoms with van der Waals surface area (Å²) in [5, 5.41) is 30.9. The van der Waals surface area contributed by atoms with E-state index in [9.17, 15) is 24.6 Å². The topological polar surface area (TPSA) is 183 Å². The van der Waals surface area contributed by atoms with Crippen molar-refractivity contribution in [1.82, 2.24) is 20.2 Å². The number of nitrogens with one attached hydrogen (secondary N) is 1. The van der Waals surface area contributed by atoms with E-state index in [-0.39, 0.29) is 57.5 Å². The van der Waals surface area contributed by atoms with E-state index in [4.69, 9.17) is 10.6 Å². The second kappa shape index (κ2) is 12.9. The number of aromatic hydroxyl groups is 1. The Hall–Kier alpha value is -2.60. The number of hydrogen-bond acceptors (Lipinski definition) is 14. The average Bonchev–Trinajstić information content (AvgIpc) is 3.57. The summed E-state index contributed by atoms with van der Waals surface area (Å²) in [4.78, 5) is 52.5. The number of thioether (sulfide) groups is 2. The fraction of sp³-hybridized carbons (Fsp3) is 0.217. The molecule has 2 aromatic heterocycles. The third-order valence-electron chi connectivity index (χ3n) is 5.71. The molecule has 40 heavy (non-hydrogen) atoms. The molecule has 202 valence electrons. The molecule has 0 aliphatic carbocycles. The van der Waals surface area contributed by atoms with Gasteiger partial charge in [-0.2, -0.15) is 0 Å². The number of anilines is 1. The van der Waals surface area contributed by atoms with Crippen molar-refractivity contribution < 1.29 is 59.0 Å². The van der Waals surface area contributed by atoms with Crippen LogP contribution in [0, 0.1) is 0 Å². The molecule has 1 saturated heterocycles. The van der Waals surface area contributed by atoms with Crippen molar-refractivity contribution in [2.24, 2.45) is 5.16 Å². The van der Waals surface area contributed by atoms with Gasteiger partial charge in [0.05, 0.1) is 17.4 Å². The Balaban J connectivity index is 0.00000370. The van der Waals surface area contributed by atoms with Crippen molar-refractivity contribution in [3.05, 3.63) is 52.0 Å². The first kappa shape index (κ1) is 30.4. The van der Waals surface area contributed by atoms with Gasteiger partial charge in [-0.05, 0) is 29.8 Å². The molecule has 2 aliphatic rings. The van der Waals surface area contributed by atoms with Crippen LogP contribution in [0.5, 0.6) is 5.75 Å². The van der Waals surface area contributed by atoms with Crippen molar-refractivity contribution in [2.45, 2.75) is 15.8 Å². The maximum Gasteiger partial charge on any atom is 1.00 e. The number of aliphatic carboxylic acids is 1. The van der Waals surface area contributed by atoms with Crippen LogP contribution in [-0.2, 0) is 19.2 Å². The quantitative estimate of drug-likeness (QED) is 0.0793. The van der Waals surface area contributed by atoms with E-state index in [0.717, 1.165) is 31.8 Å². The minimum Gasteiger partial charge on any atom is -0.543 e. The zero-order valence-corrected chi connectivity index (χ0v) is 26.3. The number of phenols is 1. The summed E-state index contributed by atoms with van der Waals surface area (Å²) in [5.41, 5.74) is 7.62. The molecule has 2 amide bonds. The van der Waals surface area contributed by atoms with E-state index >= 15 is 0 Å². The molecule has 4 N–H and O–H groups in total. The van der Waals surface area contributed by atoms with Crippen molar-refractivity contribution in [1.29, 1.82) is 0 Å². The zero-order chi connectivity index (χ0) is 27.7. The van der Waals surface area contributed by atoms with Gasteiger partial charge in [0.2, 0.25) is 0 Å². The van der Waals surface area contributed by atoms with Crippen LogP contribution in [0.1, 0.15) is 5.69 Å². The Morgan fingerprint density at radius 2 is 2.02 bits per heavy atom. The molecule has 0 spiro atoms. The number of carboxylic acids is 1. The minimum atomic E-state index is -1.46. The van der Waals surface area contributed by atoms with Crippen molar-refractivity contribution in [3.8, 4) is 17.0 Å². The second-order valence-corrected chi connectivity index (χ2v) is 12.2. The number of nitrogens with zero attached hydrogens (tertiary/aromatic N) is 4. The van der Waals surface area contributed by atoms with Gasteiger partial charge in [-0.3, -0.25) is 14.5 Å². The van der Waals surface area contributed by atoms with Gasteiger partial charge < -0.3 is 30.9 Å². The first-order chi connectivity index (χ1) is 18.8. The molecule has 4 heterocycles. The fourth-order valence-electron chi connectivity index (χ4n) is 3.92. The minimum absolute atomic E-state index is 0. The molecular formula is C23H19N6NaO6S4. The Bertz CT molecular complexity index is 1510. The molecule has 3 aromatic rings. The molecule has 2 aliphatic heterocycles. The molecule has 12 nitrogen and oxygen atoms in total. The summed E-state index contributed by atoms with van der Waals surface area (Å²) >= 11 is 5.23. The molecule has 1 fully saturated rings. The number of nitrogens with two attached hydrogens (primary N) is 1. The molecule has 0 bridgehead atoms. The number of phenolic OH excluding ortho intramolecular Hbond substituents is 1. The van der Waals surface area contributed by atoms with Gasteiger partial charge in [0, 0.05) is 27.8 Å². The number of thiazole rings is 2. The number of aromatic nitrogens is 2. The van der Waals surface area contributed by atoms with Crippen LogP contribution in [0.15, 0.2) is 55.8 Å². The Kier molecular flexibility index (Phi) is 9.81. The number of hydrogen-bond donors (Lipinski definition) is 3. The molecule has 17 heteroatoms. The van der Waals surface area contributed by atoms with Gasteiger partial charge in [0.15, 0.2) is 15.2 Å². The van der Waals surface area contributed by atoms with Gasteiger partial charge in [-0.25, -0.2) is 9.97 Å². The van der Waals surface area contributed by atoms with E-state index in [1.807, 2.05) is 5.38 Å². The molecule has 0 radical (unpaired) electrons. The van der Waals surface area contributed by atoms with Crippen LogP contribution >= 0.6 is 46.2 Å². The number of benzene rings is 1. The van der Waals surface area contributed by atoms with Crippen molar-refractivity contribution >= 4 is 74.8 Å². The van der Waals surface area contributed by atoms with E-state index in [0.29, 0.717) is 17.1 Å². The zero-order valence-electron chi connectivity index (χ0n) is 21.0. The number of carbonyl (C=O) groups excluding carboxylic acids is 3. The number of nitrogen functional groups attached to an aromatic ring is 1. The maximum atomic E-state index is 13.0. The molecule has 5 rings (SSSR count). The number of amides is 2. The van der Waals surface area contributed by atoms with Gasteiger partial charge >= 0.3 is 29.6 Å². The van der Waals surface area contributed by atoms with Crippen LogP contribution in [0.2, 0.25) is 0 Å². The number of carbonyl (C=O) groups is 3. The second-order valence-electron chi connectivity index (χ2n) is 8.13. The number of β-lactam (4-membered cyclic amide) rings is 1. The first-order valence-electron chi connectivity index (χ1n) is 11.2. The number of fused-ring (bicyclic) bond motifs is 1. The smallest absolute Gasteiger partial charge is 0.543 e. The molecule has 2 atom stereocenters. The number of oxime groups is 1. The summed E-state index contributed by atoms with van der Waals surface area (Å²) in [6, 6.07) is 5.71. The number of rotatable bonds is 9. The normalized spacial score (nSPS) is 18.5. The van der Waals surface area contributed by atoms with E-state index < -0.39 is 29.2 Å². The van der Waals surface area contributed by atoms with Gasteiger partial charge in [0.25, 0.3) is 11.8 Å². The first-order valence-corrected chi connectivity index (χ1v) is 15.0. The fourth-order valence-corrected chi connectivity index (χ4v) is 7.79. The van der Waals surface area contributed by atoms with Crippen molar-refractivity contribution in [2.75, 3.05) is 24.3 Å². The third kappa shape index (κ3) is 6.17. The monoisotopic (exact) mass is 626 g/mol. The van der Waals surface area contributed by atoms with Crippen molar-refractivity contribution in [3.63, 3.8) is 0 Å². The summed E-state index contributed by atoms with van der Waals surface area (Å²) < 4.78 is 0.725. The summed E-state index contributed by atoms with van der Waals surface area (Å²) in [6.07, 6.45) is 0. The maximum absolute atomic E-state index is 13.0. The van der Waals surface area contributed by atoms with E-state index in [2.05, 4.69) is 20.4 Å². The standard InChI is InChI=1S/C23H20N6O6S4.Na/c1-35-28-15(14-9-37-22(24)25-14)18(31)27-16-19(32)29-17(21(33)34)11(6-36-20(16)29)7-38-23-26-13(8-39-23)10-2-4-12(30)5-3-10;/h2-5,8-9,16,20,30H,6-7H2,1H3,(H2,24,25)(H,27,31)(H,33,34);/q;+1/p-1/b28-15-;/t16-,20-;/m1./s1. The SMILES string of the molecule is CO/N=C(\C(=O)N[C@@H]1C(=O)N2C(C(=O)[O-])=C(CSc3nc(-c4ccc(O)cc4)cs3)CS[C@H]12)c1csc(N)n1.[Na+]. The molecular weight excluding hydrogens is 608 g/mol. The van der Waals surface area contributed by atoms with Crippen LogP contribution in [-0.4, -0.2) is 73.5 Å². The molecule has 1 aromatic carbocycles. The largest absolute Gasteiger partial charge is 1.00 e. The summed E-state index contributed by atoms with van der Waals surface area (Å²) in [7, 11) is 1.27. The summed E-state index contributed by atoms with van der Waals surface area (Å²) in [6.45, 7) is 0. The average molecular weight is 627 g/mol. The van der Waals surface area contributed by atoms with Crippen LogP contribution in [0.3, 0.4) is 0 Å². The van der Waals surface area contributed by atoms with E-state index in [1.165, 1.54) is 47.4 Å². The van der Waals surface area contributed by atoms with Gasteiger partial charge in [-0.1, -0.05) is 16.9 Å². The number of carboxylic acid groups (broad SMARTS) is 1. The van der Waals surface area contributed by atoms with Crippen LogP contribution in [0.4, 0.5) is 5.13 Å². The predicted octanol–water partition coefficient (Wildman–Crippen LogP) is -1.89. The van der Waals surface area contributed by atoms with Crippen LogP contribution < -0.4 is 45.7 Å². The molecule has 0 unspecified atom stereocenters. The Labute approximate surface area is 266 Å². The Morgan fingerprint density at radius 3 is 2.67 bits per heavy atom. The summed E-state index contributed by atoms with van der Waals surface area (Å²) in [5.74, 6) is -1.95. The van der Waals surface area contributed by atoms with Crippen LogP contribution in [0.25, 0.3) is 11.3 Å². The Morgan fingerprint density at radius 1 is 1.27 bits per heavy atom. The van der Waals surface area contributed by atoms with E-state index in [1.54, 1.807) is 24.3 Å².